The second-order valence-electron chi connectivity index (χ2n) is 4.58. The van der Waals surface area contributed by atoms with Crippen LogP contribution in [0.2, 0.25) is 5.02 Å². The summed E-state index contributed by atoms with van der Waals surface area (Å²) >= 11 is 5.69. The zero-order chi connectivity index (χ0) is 16.3. The number of nitrogens with one attached hydrogen (secondary N) is 1. The molecule has 2 aromatic carbocycles. The number of benzene rings is 2. The van der Waals surface area contributed by atoms with Crippen LogP contribution in [0.1, 0.15) is 5.56 Å². The maximum absolute atomic E-state index is 12.4. The lowest BCUT2D eigenvalue weighted by molar-refractivity contribution is -0.384. The van der Waals surface area contributed by atoms with Crippen LogP contribution >= 0.6 is 11.6 Å². The summed E-state index contributed by atoms with van der Waals surface area (Å²) in [5.74, 6) is -0.240. The summed E-state index contributed by atoms with van der Waals surface area (Å²) < 4.78 is 24.7. The number of rotatable bonds is 5. The first-order valence-corrected chi connectivity index (χ1v) is 8.30. The van der Waals surface area contributed by atoms with E-state index in [2.05, 4.69) is 5.32 Å². The topological polar surface area (TPSA) is 89.3 Å². The zero-order valence-electron chi connectivity index (χ0n) is 11.6. The van der Waals surface area contributed by atoms with Gasteiger partial charge >= 0.3 is 0 Å². The third-order valence-corrected chi connectivity index (χ3v) is 5.08. The molecule has 0 spiro atoms. The van der Waals surface area contributed by atoms with E-state index in [0.29, 0.717) is 5.56 Å². The number of nitro benzene ring substituents is 1. The summed E-state index contributed by atoms with van der Waals surface area (Å²) in [5, 5.41) is 13.7. The zero-order valence-corrected chi connectivity index (χ0v) is 13.2. The molecule has 8 heteroatoms. The van der Waals surface area contributed by atoms with E-state index < -0.39 is 20.4 Å². The molecule has 0 fully saturated rings. The summed E-state index contributed by atoms with van der Waals surface area (Å²) in [7, 11) is -1.93. The second-order valence-corrected chi connectivity index (χ2v) is 6.97. The smallest absolute Gasteiger partial charge is 0.289 e. The first-order valence-electron chi connectivity index (χ1n) is 6.27. The van der Waals surface area contributed by atoms with Crippen LogP contribution in [0.25, 0.3) is 0 Å². The molecule has 0 aliphatic carbocycles. The predicted octanol–water partition coefficient (Wildman–Crippen LogP) is 3.26. The Morgan fingerprint density at radius 3 is 2.36 bits per heavy atom. The third-order valence-electron chi connectivity index (χ3n) is 3.07. The Bertz CT molecular complexity index is 804. The van der Waals surface area contributed by atoms with Crippen LogP contribution < -0.4 is 5.32 Å². The molecule has 0 amide bonds. The molecule has 0 radical (unpaired) electrons. The number of hydrogen-bond donors (Lipinski definition) is 1. The molecule has 0 aliphatic heterocycles. The molecule has 116 valence electrons. The summed E-state index contributed by atoms with van der Waals surface area (Å²) in [6, 6.07) is 10.4. The number of nitrogens with zero attached hydrogens (tertiary/aromatic N) is 1. The maximum Gasteiger partial charge on any atom is 0.289 e. The highest BCUT2D eigenvalue weighted by Gasteiger charge is 2.21. The van der Waals surface area contributed by atoms with Crippen LogP contribution in [0.15, 0.2) is 47.4 Å². The van der Waals surface area contributed by atoms with Crippen molar-refractivity contribution in [2.75, 3.05) is 12.4 Å². The van der Waals surface area contributed by atoms with E-state index in [1.807, 2.05) is 0 Å². The lowest BCUT2D eigenvalue weighted by atomic mass is 10.2. The minimum atomic E-state index is -3.69. The Morgan fingerprint density at radius 1 is 1.18 bits per heavy atom. The fourth-order valence-electron chi connectivity index (χ4n) is 1.90. The Balaban J connectivity index is 2.33. The summed E-state index contributed by atoms with van der Waals surface area (Å²) in [6.45, 7) is 0. The number of hydrogen-bond acceptors (Lipinski definition) is 5. The standard InChI is InChI=1S/C14H13ClN2O4S/c1-16-11-4-2-10(3-5-11)9-22(20,21)12-6-7-13(15)14(8-12)17(18)19/h2-8,16H,9H2,1H3. The normalized spacial score (nSPS) is 11.2. The van der Waals surface area contributed by atoms with Gasteiger partial charge in [0.25, 0.3) is 5.69 Å². The van der Waals surface area contributed by atoms with Gasteiger partial charge in [-0.15, -0.1) is 0 Å². The lowest BCUT2D eigenvalue weighted by Gasteiger charge is -2.06. The van der Waals surface area contributed by atoms with Crippen molar-refractivity contribution in [3.63, 3.8) is 0 Å². The SMILES string of the molecule is CNc1ccc(CS(=O)(=O)c2ccc(Cl)c([N+](=O)[O-])c2)cc1. The number of nitro groups is 1. The number of halogens is 1. The van der Waals surface area contributed by atoms with Crippen molar-refractivity contribution in [1.29, 1.82) is 0 Å². The Hall–Kier alpha value is -2.12. The van der Waals surface area contributed by atoms with Crippen LogP contribution in [-0.2, 0) is 15.6 Å². The molecule has 0 atom stereocenters. The van der Waals surface area contributed by atoms with Crippen LogP contribution in [0, 0.1) is 10.1 Å². The minimum absolute atomic E-state index is 0.0951. The van der Waals surface area contributed by atoms with Gasteiger partial charge in [-0.3, -0.25) is 10.1 Å². The third kappa shape index (κ3) is 3.55. The van der Waals surface area contributed by atoms with Gasteiger partial charge in [0.1, 0.15) is 5.02 Å². The highest BCUT2D eigenvalue weighted by atomic mass is 35.5. The molecule has 2 rings (SSSR count). The molecule has 1 N–H and O–H groups in total. The van der Waals surface area contributed by atoms with Crippen molar-refractivity contribution in [3.05, 3.63) is 63.2 Å². The van der Waals surface area contributed by atoms with E-state index in [4.69, 9.17) is 11.6 Å². The lowest BCUT2D eigenvalue weighted by Crippen LogP contribution is -2.06. The van der Waals surface area contributed by atoms with Crippen molar-refractivity contribution in [3.8, 4) is 0 Å². The van der Waals surface area contributed by atoms with E-state index in [9.17, 15) is 18.5 Å². The van der Waals surface area contributed by atoms with Crippen LogP contribution in [-0.4, -0.2) is 20.4 Å². The maximum atomic E-state index is 12.4. The number of anilines is 1. The number of sulfone groups is 1. The molecule has 0 saturated heterocycles. The van der Waals surface area contributed by atoms with Crippen molar-refractivity contribution >= 4 is 32.8 Å². The monoisotopic (exact) mass is 340 g/mol. The van der Waals surface area contributed by atoms with E-state index >= 15 is 0 Å². The molecular formula is C14H13ClN2O4S. The molecule has 0 aliphatic rings. The molecular weight excluding hydrogens is 328 g/mol. The largest absolute Gasteiger partial charge is 0.388 e. The van der Waals surface area contributed by atoms with Crippen LogP contribution in [0.3, 0.4) is 0 Å². The quantitative estimate of drug-likeness (QED) is 0.666. The van der Waals surface area contributed by atoms with Gasteiger partial charge in [0.2, 0.25) is 0 Å². The Morgan fingerprint density at radius 2 is 1.82 bits per heavy atom. The van der Waals surface area contributed by atoms with Gasteiger partial charge in [0, 0.05) is 18.8 Å². The fraction of sp³-hybridized carbons (Fsp3) is 0.143. The van der Waals surface area contributed by atoms with Crippen molar-refractivity contribution in [2.24, 2.45) is 0 Å². The fourth-order valence-corrected chi connectivity index (χ4v) is 3.45. The van der Waals surface area contributed by atoms with Gasteiger partial charge in [-0.25, -0.2) is 8.42 Å². The molecule has 6 nitrogen and oxygen atoms in total. The average molecular weight is 341 g/mol. The van der Waals surface area contributed by atoms with E-state index in [1.165, 1.54) is 12.1 Å². The molecule has 0 heterocycles. The average Bonchev–Trinajstić information content (AvgIpc) is 2.47. The van der Waals surface area contributed by atoms with Gasteiger partial charge in [-0.2, -0.15) is 0 Å². The van der Waals surface area contributed by atoms with E-state index in [-0.39, 0.29) is 15.7 Å². The first-order chi connectivity index (χ1) is 10.3. The highest BCUT2D eigenvalue weighted by molar-refractivity contribution is 7.90. The molecule has 0 saturated carbocycles. The second kappa shape index (κ2) is 6.33. The van der Waals surface area contributed by atoms with Crippen LogP contribution in [0.4, 0.5) is 11.4 Å². The van der Waals surface area contributed by atoms with Gasteiger partial charge in [-0.05, 0) is 29.8 Å². The van der Waals surface area contributed by atoms with Crippen molar-refractivity contribution in [1.82, 2.24) is 0 Å². The highest BCUT2D eigenvalue weighted by Crippen LogP contribution is 2.28. The Labute approximate surface area is 132 Å². The molecule has 2 aromatic rings. The van der Waals surface area contributed by atoms with Gasteiger partial charge in [0.15, 0.2) is 9.84 Å². The van der Waals surface area contributed by atoms with Crippen LogP contribution in [0.5, 0.6) is 0 Å². The van der Waals surface area contributed by atoms with E-state index in [1.54, 1.807) is 31.3 Å². The molecule has 22 heavy (non-hydrogen) atoms. The van der Waals surface area contributed by atoms with Gasteiger partial charge in [0.05, 0.1) is 15.6 Å². The van der Waals surface area contributed by atoms with E-state index in [0.717, 1.165) is 11.8 Å². The van der Waals surface area contributed by atoms with Gasteiger partial charge in [-0.1, -0.05) is 23.7 Å². The summed E-state index contributed by atoms with van der Waals surface area (Å²) in [4.78, 5) is 10.0. The van der Waals surface area contributed by atoms with Gasteiger partial charge < -0.3 is 5.32 Å². The summed E-state index contributed by atoms with van der Waals surface area (Å²) in [6.07, 6.45) is 0. The minimum Gasteiger partial charge on any atom is -0.388 e. The van der Waals surface area contributed by atoms with Crippen molar-refractivity contribution < 1.29 is 13.3 Å². The molecule has 0 bridgehead atoms. The summed E-state index contributed by atoms with van der Waals surface area (Å²) in [5.41, 5.74) is 1.04. The first kappa shape index (κ1) is 16.3. The Kier molecular flexibility index (Phi) is 4.68. The van der Waals surface area contributed by atoms with Crippen molar-refractivity contribution in [2.45, 2.75) is 10.6 Å². The predicted molar refractivity (Wildman–Crippen MR) is 85.0 cm³/mol. The molecule has 0 unspecified atom stereocenters. The molecule has 0 aromatic heterocycles.